The van der Waals surface area contributed by atoms with Gasteiger partial charge < -0.3 is 15.5 Å². The number of rotatable bonds is 51. The van der Waals surface area contributed by atoms with E-state index in [1.807, 2.05) is 6.08 Å². The van der Waals surface area contributed by atoms with Gasteiger partial charge in [0.05, 0.1) is 18.8 Å². The van der Waals surface area contributed by atoms with Gasteiger partial charge in [-0.1, -0.05) is 276 Å². The number of amides is 1. The molecule has 0 saturated carbocycles. The van der Waals surface area contributed by atoms with E-state index in [9.17, 15) is 15.0 Å². The van der Waals surface area contributed by atoms with Gasteiger partial charge in [-0.3, -0.25) is 4.79 Å². The molecule has 2 atom stereocenters. The van der Waals surface area contributed by atoms with Gasteiger partial charge in [-0.25, -0.2) is 0 Å². The van der Waals surface area contributed by atoms with Crippen molar-refractivity contribution in [2.75, 3.05) is 6.61 Å². The maximum atomic E-state index is 12.5. The zero-order valence-corrected chi connectivity index (χ0v) is 45.0. The zero-order chi connectivity index (χ0) is 49.9. The van der Waals surface area contributed by atoms with Gasteiger partial charge in [0, 0.05) is 6.42 Å². The van der Waals surface area contributed by atoms with Crippen LogP contribution in [-0.2, 0) is 4.79 Å². The van der Waals surface area contributed by atoms with Crippen LogP contribution in [0, 0.1) is 0 Å². The van der Waals surface area contributed by atoms with E-state index >= 15 is 0 Å². The van der Waals surface area contributed by atoms with Crippen LogP contribution in [0.4, 0.5) is 0 Å². The highest BCUT2D eigenvalue weighted by Gasteiger charge is 2.17. The van der Waals surface area contributed by atoms with Crippen LogP contribution >= 0.6 is 0 Å². The number of carbonyl (C=O) groups excluding carboxylic acids is 1. The molecule has 0 aliphatic rings. The summed E-state index contributed by atoms with van der Waals surface area (Å²) in [4.78, 5) is 12.5. The number of hydrogen-bond acceptors (Lipinski definition) is 3. The average molecular weight is 953 g/mol. The molecule has 0 aliphatic carbocycles. The van der Waals surface area contributed by atoms with Crippen LogP contribution in [0.3, 0.4) is 0 Å². The lowest BCUT2D eigenvalue weighted by atomic mass is 10.0. The Bertz CT molecular complexity index is 1400. The van der Waals surface area contributed by atoms with Crippen molar-refractivity contribution >= 4 is 5.91 Å². The first-order valence-electron chi connectivity index (χ1n) is 28.9. The molecule has 2 unspecified atom stereocenters. The van der Waals surface area contributed by atoms with Gasteiger partial charge in [0.2, 0.25) is 5.91 Å². The second kappa shape index (κ2) is 58.8. The lowest BCUT2D eigenvalue weighted by Crippen LogP contribution is -2.45. The molecule has 0 saturated heterocycles. The molecule has 392 valence electrons. The molecular weight excluding hydrogens is 843 g/mol. The van der Waals surface area contributed by atoms with Crippen LogP contribution in [0.25, 0.3) is 0 Å². The van der Waals surface area contributed by atoms with Crippen molar-refractivity contribution in [2.24, 2.45) is 0 Å². The Kier molecular flexibility index (Phi) is 55.9. The Balaban J connectivity index is 3.66. The second-order valence-corrected chi connectivity index (χ2v) is 19.0. The number of hydrogen-bond donors (Lipinski definition) is 3. The Morgan fingerprint density at radius 3 is 1.01 bits per heavy atom. The normalized spacial score (nSPS) is 13.9. The molecule has 69 heavy (non-hydrogen) atoms. The lowest BCUT2D eigenvalue weighted by molar-refractivity contribution is -0.123. The Morgan fingerprint density at radius 1 is 0.362 bits per heavy atom. The summed E-state index contributed by atoms with van der Waals surface area (Å²) in [5, 5.41) is 23.1. The molecule has 0 aromatic heterocycles. The Labute approximate surface area is 428 Å². The molecular formula is C65H109NO3. The van der Waals surface area contributed by atoms with Crippen molar-refractivity contribution in [3.63, 3.8) is 0 Å². The maximum Gasteiger partial charge on any atom is 0.220 e. The van der Waals surface area contributed by atoms with Crippen molar-refractivity contribution in [1.29, 1.82) is 0 Å². The van der Waals surface area contributed by atoms with Gasteiger partial charge in [0.1, 0.15) is 0 Å². The van der Waals surface area contributed by atoms with Crippen molar-refractivity contribution in [1.82, 2.24) is 5.32 Å². The van der Waals surface area contributed by atoms with Gasteiger partial charge in [-0.15, -0.1) is 0 Å². The second-order valence-electron chi connectivity index (χ2n) is 19.0. The van der Waals surface area contributed by atoms with Crippen molar-refractivity contribution < 1.29 is 15.0 Å². The summed E-state index contributed by atoms with van der Waals surface area (Å²) in [6, 6.07) is -0.656. The summed E-state index contributed by atoms with van der Waals surface area (Å²) >= 11 is 0. The third-order valence-corrected chi connectivity index (χ3v) is 12.4. The molecule has 0 heterocycles. The third kappa shape index (κ3) is 55.3. The number of nitrogens with one attached hydrogen (secondary N) is 1. The number of aliphatic hydroxyl groups excluding tert-OH is 2. The van der Waals surface area contributed by atoms with Crippen molar-refractivity contribution in [3.05, 3.63) is 134 Å². The quantitative estimate of drug-likeness (QED) is 0.0420. The minimum atomic E-state index is -0.877. The van der Waals surface area contributed by atoms with Crippen LogP contribution in [0.5, 0.6) is 0 Å². The predicted octanol–water partition coefficient (Wildman–Crippen LogP) is 19.4. The molecule has 0 radical (unpaired) electrons. The number of unbranched alkanes of at least 4 members (excludes halogenated alkanes) is 24. The van der Waals surface area contributed by atoms with E-state index in [0.29, 0.717) is 6.42 Å². The molecule has 0 fully saturated rings. The highest BCUT2D eigenvalue weighted by atomic mass is 16.3. The summed E-state index contributed by atoms with van der Waals surface area (Å²) in [5.41, 5.74) is 0. The zero-order valence-electron chi connectivity index (χ0n) is 45.0. The van der Waals surface area contributed by atoms with E-state index in [2.05, 4.69) is 141 Å². The molecule has 1 amide bonds. The molecule has 3 N–H and O–H groups in total. The molecule has 0 rings (SSSR count). The van der Waals surface area contributed by atoms with Gasteiger partial charge in [0.15, 0.2) is 0 Å². The minimum Gasteiger partial charge on any atom is -0.394 e. The van der Waals surface area contributed by atoms with Gasteiger partial charge >= 0.3 is 0 Å². The Morgan fingerprint density at radius 2 is 0.652 bits per heavy atom. The van der Waals surface area contributed by atoms with Gasteiger partial charge in [0.25, 0.3) is 0 Å². The van der Waals surface area contributed by atoms with Crippen LogP contribution in [0.2, 0.25) is 0 Å². The highest BCUT2D eigenvalue weighted by molar-refractivity contribution is 5.76. The summed E-state index contributed by atoms with van der Waals surface area (Å²) in [6.07, 6.45) is 91.8. The van der Waals surface area contributed by atoms with E-state index in [4.69, 9.17) is 0 Å². The molecule has 0 spiro atoms. The SMILES string of the molecule is CC/C=C\C/C=C\C/C=C\C/C=C\C/C=C\C/C=C\C/C=C\C/C=C\C/C=C\CCCCCCCCCC(=O)NC(CO)C(O)/C=C/CC/C=C/CCCCCCCCCCCCCCCCCC. The molecule has 0 aromatic carbocycles. The van der Waals surface area contributed by atoms with E-state index in [-0.39, 0.29) is 12.5 Å². The van der Waals surface area contributed by atoms with Crippen LogP contribution in [0.1, 0.15) is 251 Å². The lowest BCUT2D eigenvalue weighted by Gasteiger charge is -2.19. The predicted molar refractivity (Wildman–Crippen MR) is 308 cm³/mol. The van der Waals surface area contributed by atoms with Crippen LogP contribution < -0.4 is 5.32 Å². The van der Waals surface area contributed by atoms with Crippen LogP contribution in [0.15, 0.2) is 134 Å². The first-order valence-corrected chi connectivity index (χ1v) is 28.9. The first kappa shape index (κ1) is 65.5. The molecule has 4 heteroatoms. The standard InChI is InChI=1S/C65H109NO3/c1-3-5-7-9-11-13-15-17-19-21-23-25-27-28-29-30-31-32-33-34-35-36-37-38-39-41-43-45-47-49-51-53-55-57-59-61-65(69)66-63(62-67)64(68)60-58-56-54-52-50-48-46-44-42-40-26-24-22-20-18-16-14-12-10-8-6-4-2/h5,7,11,13,17,19,23,25,28-29,31-32,34-35,37-38,41,43,50,52,58,60,63-64,67-68H,3-4,6,8-10,12,14-16,18,20-22,24,26-27,30,33,36,39-40,42,44-49,51,53-57,59,61-62H2,1-2H3,(H,66,69)/b7-5-,13-11-,19-17-,25-23-,29-28-,32-31-,35-34-,38-37-,43-41-,52-50+,60-58+. The fourth-order valence-corrected chi connectivity index (χ4v) is 8.01. The summed E-state index contributed by atoms with van der Waals surface area (Å²) in [7, 11) is 0. The largest absolute Gasteiger partial charge is 0.394 e. The highest BCUT2D eigenvalue weighted by Crippen LogP contribution is 2.15. The molecule has 0 bridgehead atoms. The van der Waals surface area contributed by atoms with E-state index < -0.39 is 12.1 Å². The van der Waals surface area contributed by atoms with Crippen molar-refractivity contribution in [3.8, 4) is 0 Å². The fourth-order valence-electron chi connectivity index (χ4n) is 8.01. The molecule has 0 aromatic rings. The number of allylic oxidation sites excluding steroid dienone is 21. The molecule has 4 nitrogen and oxygen atoms in total. The smallest absolute Gasteiger partial charge is 0.220 e. The maximum absolute atomic E-state index is 12.5. The average Bonchev–Trinajstić information content (AvgIpc) is 3.35. The Hall–Kier alpha value is -3.47. The van der Waals surface area contributed by atoms with E-state index in [1.165, 1.54) is 128 Å². The number of aliphatic hydroxyl groups is 2. The fraction of sp³-hybridized carbons (Fsp3) is 0.646. The topological polar surface area (TPSA) is 69.6 Å². The summed E-state index contributed by atoms with van der Waals surface area (Å²) < 4.78 is 0. The molecule has 0 aliphatic heterocycles. The van der Waals surface area contributed by atoms with Crippen molar-refractivity contribution in [2.45, 2.75) is 264 Å². The van der Waals surface area contributed by atoms with Crippen LogP contribution in [-0.4, -0.2) is 34.9 Å². The van der Waals surface area contributed by atoms with Gasteiger partial charge in [-0.05, 0) is 103 Å². The first-order chi connectivity index (χ1) is 34.2. The minimum absolute atomic E-state index is 0.0894. The summed E-state index contributed by atoms with van der Waals surface area (Å²) in [5.74, 6) is -0.0894. The summed E-state index contributed by atoms with van der Waals surface area (Å²) in [6.45, 7) is 4.18. The van der Waals surface area contributed by atoms with E-state index in [0.717, 1.165) is 103 Å². The monoisotopic (exact) mass is 952 g/mol. The van der Waals surface area contributed by atoms with E-state index in [1.54, 1.807) is 6.08 Å². The number of carbonyl (C=O) groups is 1. The third-order valence-electron chi connectivity index (χ3n) is 12.4. The van der Waals surface area contributed by atoms with Gasteiger partial charge in [-0.2, -0.15) is 0 Å².